The van der Waals surface area contributed by atoms with E-state index in [4.69, 9.17) is 14.2 Å². The van der Waals surface area contributed by atoms with Crippen molar-refractivity contribution in [3.63, 3.8) is 0 Å². The van der Waals surface area contributed by atoms with Gasteiger partial charge in [0, 0.05) is 30.0 Å². The number of ether oxygens (including phenoxy) is 3. The Bertz CT molecular complexity index is 930. The fourth-order valence-electron chi connectivity index (χ4n) is 4.06. The van der Waals surface area contributed by atoms with Crippen LogP contribution >= 0.6 is 11.8 Å². The molecule has 0 radical (unpaired) electrons. The van der Waals surface area contributed by atoms with Gasteiger partial charge in [0.1, 0.15) is 13.2 Å². The highest BCUT2D eigenvalue weighted by Gasteiger charge is 2.35. The summed E-state index contributed by atoms with van der Waals surface area (Å²) in [5.74, 6) is 0.0203. The van der Waals surface area contributed by atoms with Gasteiger partial charge in [0.05, 0.1) is 10.3 Å². The third-order valence-corrected chi connectivity index (χ3v) is 7.78. The van der Waals surface area contributed by atoms with Gasteiger partial charge in [-0.05, 0) is 56.4 Å². The first kappa shape index (κ1) is 26.4. The molecular weight excluding hydrogens is 450 g/mol. The SMILES string of the molecule is CCC1=C(C(C)(C)COC(=O)c2ccccc2)C=C(NC(=O)C(C)(C)SC2CCOCC2)OC1. The van der Waals surface area contributed by atoms with Crippen molar-refractivity contribution >= 4 is 23.6 Å². The number of allylic oxidation sites excluding steroid dienone is 1. The second-order valence-electron chi connectivity index (χ2n) is 9.89. The van der Waals surface area contributed by atoms with Gasteiger partial charge in [-0.15, -0.1) is 11.8 Å². The van der Waals surface area contributed by atoms with E-state index < -0.39 is 10.2 Å². The molecule has 2 aliphatic heterocycles. The summed E-state index contributed by atoms with van der Waals surface area (Å²) in [6.45, 7) is 12.2. The average molecular weight is 488 g/mol. The van der Waals surface area contributed by atoms with Gasteiger partial charge in [-0.2, -0.15) is 0 Å². The molecule has 0 unspecified atom stereocenters. The van der Waals surface area contributed by atoms with Crippen molar-refractivity contribution in [3.8, 4) is 0 Å². The lowest BCUT2D eigenvalue weighted by Crippen LogP contribution is -2.42. The summed E-state index contributed by atoms with van der Waals surface area (Å²) in [5, 5.41) is 3.41. The molecule has 186 valence electrons. The van der Waals surface area contributed by atoms with Crippen LogP contribution in [-0.4, -0.2) is 48.3 Å². The molecule has 1 saturated heterocycles. The van der Waals surface area contributed by atoms with Crippen LogP contribution in [0.5, 0.6) is 0 Å². The molecule has 7 heteroatoms. The first-order valence-corrected chi connectivity index (χ1v) is 12.9. The third kappa shape index (κ3) is 6.89. The molecule has 0 bridgehead atoms. The van der Waals surface area contributed by atoms with Crippen molar-refractivity contribution < 1.29 is 23.8 Å². The fraction of sp³-hybridized carbons (Fsp3) is 0.556. The minimum Gasteiger partial charge on any atom is -0.474 e. The van der Waals surface area contributed by atoms with Gasteiger partial charge >= 0.3 is 5.97 Å². The molecule has 34 heavy (non-hydrogen) atoms. The van der Waals surface area contributed by atoms with E-state index in [9.17, 15) is 9.59 Å². The summed E-state index contributed by atoms with van der Waals surface area (Å²) >= 11 is 1.70. The van der Waals surface area contributed by atoms with E-state index >= 15 is 0 Å². The van der Waals surface area contributed by atoms with Crippen LogP contribution in [0.3, 0.4) is 0 Å². The number of hydrogen-bond donors (Lipinski definition) is 1. The summed E-state index contributed by atoms with van der Waals surface area (Å²) in [4.78, 5) is 25.6. The predicted octanol–water partition coefficient (Wildman–Crippen LogP) is 5.25. The van der Waals surface area contributed by atoms with E-state index in [1.165, 1.54) is 0 Å². The number of benzene rings is 1. The highest BCUT2D eigenvalue weighted by molar-refractivity contribution is 8.01. The smallest absolute Gasteiger partial charge is 0.338 e. The van der Waals surface area contributed by atoms with Gasteiger partial charge in [0.2, 0.25) is 5.91 Å². The molecule has 0 aliphatic carbocycles. The van der Waals surface area contributed by atoms with Gasteiger partial charge in [-0.1, -0.05) is 39.0 Å². The summed E-state index contributed by atoms with van der Waals surface area (Å²) in [6.07, 6.45) is 4.63. The first-order valence-electron chi connectivity index (χ1n) is 12.0. The number of esters is 1. The lowest BCUT2D eigenvalue weighted by Gasteiger charge is -2.33. The van der Waals surface area contributed by atoms with Gasteiger partial charge in [-0.25, -0.2) is 4.79 Å². The number of amides is 1. The molecule has 0 aromatic heterocycles. The molecule has 2 aliphatic rings. The monoisotopic (exact) mass is 487 g/mol. The van der Waals surface area contributed by atoms with E-state index in [0.29, 0.717) is 23.3 Å². The topological polar surface area (TPSA) is 73.9 Å². The van der Waals surface area contributed by atoms with Crippen LogP contribution in [0.4, 0.5) is 0 Å². The molecule has 6 nitrogen and oxygen atoms in total. The van der Waals surface area contributed by atoms with Crippen molar-refractivity contribution in [2.45, 2.75) is 63.9 Å². The van der Waals surface area contributed by atoms with Crippen LogP contribution in [0.1, 0.15) is 64.2 Å². The minimum absolute atomic E-state index is 0.0807. The summed E-state index contributed by atoms with van der Waals surface area (Å²) < 4.78 is 16.4. The van der Waals surface area contributed by atoms with Crippen LogP contribution in [-0.2, 0) is 19.0 Å². The van der Waals surface area contributed by atoms with Crippen LogP contribution < -0.4 is 5.32 Å². The Hall–Kier alpha value is -2.25. The maximum Gasteiger partial charge on any atom is 0.338 e. The maximum atomic E-state index is 13.1. The van der Waals surface area contributed by atoms with Gasteiger partial charge in [0.15, 0.2) is 5.88 Å². The summed E-state index contributed by atoms with van der Waals surface area (Å²) in [5.41, 5.74) is 2.26. The summed E-state index contributed by atoms with van der Waals surface area (Å²) in [6, 6.07) is 8.99. The molecular formula is C27H37NO5S. The molecule has 1 aromatic carbocycles. The van der Waals surface area contributed by atoms with E-state index in [2.05, 4.69) is 12.2 Å². The van der Waals surface area contributed by atoms with E-state index in [1.54, 1.807) is 23.9 Å². The fourth-order valence-corrected chi connectivity index (χ4v) is 5.48. The van der Waals surface area contributed by atoms with Crippen molar-refractivity contribution in [1.82, 2.24) is 5.32 Å². The van der Waals surface area contributed by atoms with Gasteiger partial charge in [-0.3, -0.25) is 10.1 Å². The number of nitrogens with one attached hydrogen (secondary N) is 1. The second-order valence-corrected chi connectivity index (χ2v) is 11.8. The van der Waals surface area contributed by atoms with Crippen LogP contribution in [0, 0.1) is 5.41 Å². The van der Waals surface area contributed by atoms with Crippen LogP contribution in [0.25, 0.3) is 0 Å². The summed E-state index contributed by atoms with van der Waals surface area (Å²) in [7, 11) is 0. The first-order chi connectivity index (χ1) is 16.1. The van der Waals surface area contributed by atoms with E-state index in [-0.39, 0.29) is 18.5 Å². The Morgan fingerprint density at radius 3 is 2.44 bits per heavy atom. The maximum absolute atomic E-state index is 13.1. The minimum atomic E-state index is -0.595. The highest BCUT2D eigenvalue weighted by Crippen LogP contribution is 2.37. The Labute approximate surface area is 207 Å². The predicted molar refractivity (Wildman–Crippen MR) is 136 cm³/mol. The largest absolute Gasteiger partial charge is 0.474 e. The second kappa shape index (κ2) is 11.5. The molecule has 2 heterocycles. The number of carbonyl (C=O) groups is 2. The zero-order valence-electron chi connectivity index (χ0n) is 20.9. The Morgan fingerprint density at radius 1 is 1.12 bits per heavy atom. The number of carbonyl (C=O) groups excluding carboxylic acids is 2. The van der Waals surface area contributed by atoms with Crippen LogP contribution in [0.15, 0.2) is 53.4 Å². The normalized spacial score (nSPS) is 17.6. The van der Waals surface area contributed by atoms with Crippen molar-refractivity contribution in [1.29, 1.82) is 0 Å². The van der Waals surface area contributed by atoms with E-state index in [0.717, 1.165) is 43.6 Å². The molecule has 1 aromatic rings. The molecule has 1 N–H and O–H groups in total. The highest BCUT2D eigenvalue weighted by atomic mass is 32.2. The Morgan fingerprint density at radius 2 is 1.79 bits per heavy atom. The lowest BCUT2D eigenvalue weighted by atomic mass is 9.80. The molecule has 0 saturated carbocycles. The molecule has 1 amide bonds. The quantitative estimate of drug-likeness (QED) is 0.479. The molecule has 0 atom stereocenters. The Balaban J connectivity index is 1.68. The zero-order valence-corrected chi connectivity index (χ0v) is 21.8. The van der Waals surface area contributed by atoms with E-state index in [1.807, 2.05) is 52.0 Å². The third-order valence-electron chi connectivity index (χ3n) is 6.20. The van der Waals surface area contributed by atoms with Gasteiger partial charge in [0.25, 0.3) is 0 Å². The molecule has 3 rings (SSSR count). The van der Waals surface area contributed by atoms with Crippen molar-refractivity contribution in [2.24, 2.45) is 5.41 Å². The number of rotatable bonds is 9. The van der Waals surface area contributed by atoms with Crippen LogP contribution in [0.2, 0.25) is 0 Å². The zero-order chi connectivity index (χ0) is 24.8. The lowest BCUT2D eigenvalue weighted by molar-refractivity contribution is -0.122. The van der Waals surface area contributed by atoms with Crippen molar-refractivity contribution in [3.05, 3.63) is 59.0 Å². The Kier molecular flexibility index (Phi) is 8.88. The molecule has 1 fully saturated rings. The average Bonchev–Trinajstić information content (AvgIpc) is 2.83. The van der Waals surface area contributed by atoms with Crippen molar-refractivity contribution in [2.75, 3.05) is 26.4 Å². The van der Waals surface area contributed by atoms with Gasteiger partial charge < -0.3 is 14.2 Å². The number of thioether (sulfide) groups is 1. The standard InChI is InChI=1S/C27H37NO5S/c1-6-19-17-32-23(28-25(30)27(4,5)34-21-12-14-31-15-13-21)16-22(19)26(2,3)18-33-24(29)20-10-8-7-9-11-20/h7-11,16,21H,6,12-15,17-18H2,1-5H3,(H,28,30). The molecule has 0 spiro atoms. The number of hydrogen-bond acceptors (Lipinski definition) is 6.